The van der Waals surface area contributed by atoms with Gasteiger partial charge >= 0.3 is 6.18 Å². The lowest BCUT2D eigenvalue weighted by atomic mass is 10.1. The van der Waals surface area contributed by atoms with Crippen LogP contribution >= 0.6 is 0 Å². The van der Waals surface area contributed by atoms with Crippen molar-refractivity contribution >= 4 is 5.84 Å². The van der Waals surface area contributed by atoms with Gasteiger partial charge in [0.2, 0.25) is 0 Å². The van der Waals surface area contributed by atoms with Crippen molar-refractivity contribution in [1.29, 1.82) is 0 Å². The summed E-state index contributed by atoms with van der Waals surface area (Å²) in [4.78, 5) is 11.6. The lowest BCUT2D eigenvalue weighted by Gasteiger charge is -2.09. The number of aryl methyl sites for hydroxylation is 1. The zero-order chi connectivity index (χ0) is 18.0. The molecule has 0 spiro atoms. The van der Waals surface area contributed by atoms with Crippen molar-refractivity contribution in [3.8, 4) is 5.75 Å². The van der Waals surface area contributed by atoms with Crippen LogP contribution in [0.2, 0.25) is 0 Å². The van der Waals surface area contributed by atoms with Crippen LogP contribution < -0.4 is 10.2 Å². The summed E-state index contributed by atoms with van der Waals surface area (Å²) in [5.41, 5.74) is 3.32. The van der Waals surface area contributed by atoms with Gasteiger partial charge in [-0.2, -0.15) is 13.2 Å². The Morgan fingerprint density at radius 1 is 1.24 bits per heavy atom. The fourth-order valence-corrected chi connectivity index (χ4v) is 2.16. The van der Waals surface area contributed by atoms with Crippen molar-refractivity contribution in [2.24, 2.45) is 4.99 Å². The highest BCUT2D eigenvalue weighted by molar-refractivity contribution is 5.99. The molecule has 9 heteroatoms. The number of benzene rings is 1. The lowest BCUT2D eigenvalue weighted by Crippen LogP contribution is -2.29. The van der Waals surface area contributed by atoms with E-state index in [0.717, 1.165) is 5.56 Å². The molecule has 0 saturated carbocycles. The van der Waals surface area contributed by atoms with Gasteiger partial charge in [-0.1, -0.05) is 6.07 Å². The van der Waals surface area contributed by atoms with Crippen LogP contribution in [-0.4, -0.2) is 23.2 Å². The predicted octanol–water partition coefficient (Wildman–Crippen LogP) is 3.28. The van der Waals surface area contributed by atoms with Crippen LogP contribution in [0.25, 0.3) is 0 Å². The summed E-state index contributed by atoms with van der Waals surface area (Å²) in [5, 5.41) is 0. The summed E-state index contributed by atoms with van der Waals surface area (Å²) in [6.45, 7) is 1.95. The van der Waals surface area contributed by atoms with E-state index in [4.69, 9.17) is 4.74 Å². The van der Waals surface area contributed by atoms with Crippen LogP contribution in [0.15, 0.2) is 41.7 Å². The number of hydrogen-bond acceptors (Lipinski definition) is 5. The molecule has 1 atom stereocenters. The zero-order valence-electron chi connectivity index (χ0n) is 13.0. The molecule has 132 valence electrons. The van der Waals surface area contributed by atoms with Crippen molar-refractivity contribution in [2.75, 3.05) is 0 Å². The van der Waals surface area contributed by atoms with Crippen molar-refractivity contribution in [1.82, 2.24) is 10.5 Å². The van der Waals surface area contributed by atoms with Crippen molar-refractivity contribution in [2.45, 2.75) is 25.9 Å². The maximum atomic E-state index is 14.2. The normalized spacial score (nSPS) is 17.2. The first-order chi connectivity index (χ1) is 11.8. The SMILES string of the molecule is Cc1cncc(OCc2ccc(C3=NC(C(F)(F)F)ON3)c(F)c2)c1. The molecule has 0 bridgehead atoms. The second-order valence-corrected chi connectivity index (χ2v) is 5.39. The molecule has 2 aromatic rings. The van der Waals surface area contributed by atoms with Gasteiger partial charge in [-0.3, -0.25) is 4.98 Å². The maximum absolute atomic E-state index is 14.2. The van der Waals surface area contributed by atoms with Gasteiger partial charge in [0.15, 0.2) is 5.84 Å². The molecule has 1 N–H and O–H groups in total. The fourth-order valence-electron chi connectivity index (χ4n) is 2.16. The summed E-state index contributed by atoms with van der Waals surface area (Å²) >= 11 is 0. The van der Waals surface area contributed by atoms with Gasteiger partial charge in [0, 0.05) is 6.20 Å². The number of aromatic nitrogens is 1. The first kappa shape index (κ1) is 17.2. The maximum Gasteiger partial charge on any atom is 0.437 e. The van der Waals surface area contributed by atoms with Crippen molar-refractivity contribution < 1.29 is 27.1 Å². The molecule has 0 saturated heterocycles. The molecule has 1 unspecified atom stereocenters. The van der Waals surface area contributed by atoms with Crippen molar-refractivity contribution in [3.63, 3.8) is 0 Å². The second-order valence-electron chi connectivity index (χ2n) is 5.39. The van der Waals surface area contributed by atoms with Gasteiger partial charge in [-0.25, -0.2) is 19.7 Å². The summed E-state index contributed by atoms with van der Waals surface area (Å²) in [6, 6.07) is 5.80. The Morgan fingerprint density at radius 3 is 2.68 bits per heavy atom. The Bertz CT molecular complexity index is 808. The van der Waals surface area contributed by atoms with E-state index in [1.165, 1.54) is 24.4 Å². The third kappa shape index (κ3) is 4.05. The van der Waals surface area contributed by atoms with Gasteiger partial charge in [0.1, 0.15) is 18.2 Å². The van der Waals surface area contributed by atoms with Gasteiger partial charge in [0.25, 0.3) is 6.23 Å². The number of hydroxylamine groups is 1. The number of nitrogens with one attached hydrogen (secondary N) is 1. The van der Waals surface area contributed by atoms with E-state index in [9.17, 15) is 17.6 Å². The Balaban J connectivity index is 1.71. The number of rotatable bonds is 4. The van der Waals surface area contributed by atoms with Gasteiger partial charge in [-0.15, -0.1) is 0 Å². The summed E-state index contributed by atoms with van der Waals surface area (Å²) in [5.74, 6) is -0.510. The summed E-state index contributed by atoms with van der Waals surface area (Å²) in [6.07, 6.45) is -3.81. The van der Waals surface area contributed by atoms with Crippen molar-refractivity contribution in [3.05, 3.63) is 59.2 Å². The van der Waals surface area contributed by atoms with Crippen LogP contribution in [0.1, 0.15) is 16.7 Å². The van der Waals surface area contributed by atoms with Gasteiger partial charge < -0.3 is 4.74 Å². The van der Waals surface area contributed by atoms with E-state index in [2.05, 4.69) is 14.8 Å². The fraction of sp³-hybridized carbons (Fsp3) is 0.250. The van der Waals surface area contributed by atoms with Crippen LogP contribution in [0.5, 0.6) is 5.75 Å². The zero-order valence-corrected chi connectivity index (χ0v) is 13.0. The highest BCUT2D eigenvalue weighted by Gasteiger charge is 2.44. The summed E-state index contributed by atoms with van der Waals surface area (Å²) < 4.78 is 57.2. The molecule has 1 aromatic carbocycles. The third-order valence-electron chi connectivity index (χ3n) is 3.34. The topological polar surface area (TPSA) is 55.7 Å². The highest BCUT2D eigenvalue weighted by Crippen LogP contribution is 2.27. The number of pyridine rings is 1. The molecule has 2 heterocycles. The lowest BCUT2D eigenvalue weighted by molar-refractivity contribution is -0.220. The second kappa shape index (κ2) is 6.67. The van der Waals surface area contributed by atoms with Crippen LogP contribution in [-0.2, 0) is 11.4 Å². The van der Waals surface area contributed by atoms with E-state index < -0.39 is 18.2 Å². The molecular formula is C16H13F4N3O2. The molecule has 1 aliphatic heterocycles. The molecule has 1 aliphatic rings. The Kier molecular flexibility index (Phi) is 4.58. The molecule has 0 aliphatic carbocycles. The minimum absolute atomic E-state index is 0.0872. The number of hydrogen-bond donors (Lipinski definition) is 1. The third-order valence-corrected chi connectivity index (χ3v) is 3.34. The molecule has 5 nitrogen and oxygen atoms in total. The largest absolute Gasteiger partial charge is 0.487 e. The molecular weight excluding hydrogens is 342 g/mol. The van der Waals surface area contributed by atoms with E-state index in [1.54, 1.807) is 12.3 Å². The average molecular weight is 355 g/mol. The Hall–Kier alpha value is -2.68. The average Bonchev–Trinajstić information content (AvgIpc) is 3.03. The minimum Gasteiger partial charge on any atom is -0.487 e. The molecule has 0 fully saturated rings. The number of alkyl halides is 3. The standard InChI is InChI=1S/C16H13F4N3O2/c1-9-4-11(7-21-6-9)24-8-10-2-3-12(13(17)5-10)14-22-15(25-23-14)16(18,19)20/h2-7,15H,8H2,1H3,(H,22,23). The van der Waals surface area contributed by atoms with E-state index in [-0.39, 0.29) is 18.0 Å². The van der Waals surface area contributed by atoms with Gasteiger partial charge in [-0.05, 0) is 36.2 Å². The summed E-state index contributed by atoms with van der Waals surface area (Å²) in [7, 11) is 0. The van der Waals surface area contributed by atoms with Gasteiger partial charge in [0.05, 0.1) is 11.8 Å². The van der Waals surface area contributed by atoms with E-state index in [0.29, 0.717) is 11.3 Å². The van der Waals surface area contributed by atoms with Crippen LogP contribution in [0, 0.1) is 12.7 Å². The quantitative estimate of drug-likeness (QED) is 0.856. The highest BCUT2D eigenvalue weighted by atomic mass is 19.4. The number of amidine groups is 1. The Labute approximate surface area is 140 Å². The smallest absolute Gasteiger partial charge is 0.437 e. The monoisotopic (exact) mass is 355 g/mol. The molecule has 0 amide bonds. The van der Waals surface area contributed by atoms with E-state index in [1.807, 2.05) is 12.4 Å². The van der Waals surface area contributed by atoms with Crippen LogP contribution in [0.3, 0.4) is 0 Å². The van der Waals surface area contributed by atoms with E-state index >= 15 is 0 Å². The first-order valence-electron chi connectivity index (χ1n) is 7.22. The molecule has 1 aromatic heterocycles. The number of aliphatic imine (C=N–C) groups is 1. The molecule has 3 rings (SSSR count). The number of halogens is 4. The predicted molar refractivity (Wildman–Crippen MR) is 80.3 cm³/mol. The number of nitrogens with zero attached hydrogens (tertiary/aromatic N) is 2. The number of ether oxygens (including phenoxy) is 1. The molecule has 25 heavy (non-hydrogen) atoms. The molecule has 0 radical (unpaired) electrons. The van der Waals surface area contributed by atoms with Crippen LogP contribution in [0.4, 0.5) is 17.6 Å². The minimum atomic E-state index is -4.67. The Morgan fingerprint density at radius 2 is 2.04 bits per heavy atom. The first-order valence-corrected chi connectivity index (χ1v) is 7.22.